The minimum atomic E-state index is -0.0469. The summed E-state index contributed by atoms with van der Waals surface area (Å²) in [6.07, 6.45) is 1.89. The number of hydrogen-bond acceptors (Lipinski definition) is 5. The number of hydrogen-bond donors (Lipinski definition) is 0. The van der Waals surface area contributed by atoms with Gasteiger partial charge in [-0.15, -0.1) is 11.3 Å². The van der Waals surface area contributed by atoms with Crippen molar-refractivity contribution in [1.82, 2.24) is 14.5 Å². The predicted octanol–water partition coefficient (Wildman–Crippen LogP) is 3.43. The Hall–Kier alpha value is -2.67. The molecule has 3 aromatic rings. The smallest absolute Gasteiger partial charge is 0.262 e. The molecule has 0 bridgehead atoms. The van der Waals surface area contributed by atoms with Gasteiger partial charge in [0.05, 0.1) is 11.7 Å². The van der Waals surface area contributed by atoms with Crippen molar-refractivity contribution in [2.24, 2.45) is 0 Å². The van der Waals surface area contributed by atoms with Crippen molar-refractivity contribution < 1.29 is 4.79 Å². The number of anilines is 1. The number of amides is 1. The van der Waals surface area contributed by atoms with E-state index in [4.69, 9.17) is 0 Å². The minimum Gasteiger partial charge on any atom is -0.368 e. The largest absolute Gasteiger partial charge is 0.368 e. The van der Waals surface area contributed by atoms with E-state index in [2.05, 4.69) is 41.9 Å². The number of thiophene rings is 1. The van der Waals surface area contributed by atoms with E-state index in [0.29, 0.717) is 31.4 Å². The lowest BCUT2D eigenvalue weighted by Crippen LogP contribution is -2.49. The molecule has 1 fully saturated rings. The molecule has 1 amide bonds. The molecule has 1 aliphatic rings. The van der Waals surface area contributed by atoms with Crippen LogP contribution in [0.3, 0.4) is 0 Å². The number of aryl methyl sites for hydroxylation is 4. The first-order valence-corrected chi connectivity index (χ1v) is 11.2. The van der Waals surface area contributed by atoms with Gasteiger partial charge >= 0.3 is 0 Å². The SMILES string of the molecule is Cc1cccc(N2CCN(C(=O)CCn3cnc4sc(C)c(C)c4c3=O)CC2)c1C. The second-order valence-electron chi connectivity index (χ2n) is 8.04. The first kappa shape index (κ1) is 20.6. The van der Waals surface area contributed by atoms with E-state index >= 15 is 0 Å². The van der Waals surface area contributed by atoms with Crippen LogP contribution in [0.15, 0.2) is 29.3 Å². The molecule has 1 aromatic carbocycles. The topological polar surface area (TPSA) is 58.4 Å². The summed E-state index contributed by atoms with van der Waals surface area (Å²) in [6, 6.07) is 6.38. The van der Waals surface area contributed by atoms with E-state index in [0.717, 1.165) is 28.4 Å². The molecule has 3 heterocycles. The summed E-state index contributed by atoms with van der Waals surface area (Å²) in [5, 5.41) is 0.689. The van der Waals surface area contributed by atoms with Gasteiger partial charge in [0.25, 0.3) is 5.56 Å². The fourth-order valence-electron chi connectivity index (χ4n) is 4.08. The zero-order valence-corrected chi connectivity index (χ0v) is 18.9. The van der Waals surface area contributed by atoms with Crippen LogP contribution in [0, 0.1) is 27.7 Å². The Morgan fingerprint density at radius 2 is 1.80 bits per heavy atom. The van der Waals surface area contributed by atoms with Crippen LogP contribution in [0.2, 0.25) is 0 Å². The highest BCUT2D eigenvalue weighted by Gasteiger charge is 2.22. The van der Waals surface area contributed by atoms with Gasteiger partial charge in [0, 0.05) is 49.7 Å². The van der Waals surface area contributed by atoms with Crippen LogP contribution in [0.5, 0.6) is 0 Å². The molecular formula is C23H28N4O2S. The summed E-state index contributed by atoms with van der Waals surface area (Å²) in [5.74, 6) is 0.0980. The molecule has 2 aromatic heterocycles. The molecule has 1 aliphatic heterocycles. The lowest BCUT2D eigenvalue weighted by molar-refractivity contribution is -0.131. The van der Waals surface area contributed by atoms with E-state index in [-0.39, 0.29) is 11.5 Å². The molecule has 158 valence electrons. The van der Waals surface area contributed by atoms with E-state index < -0.39 is 0 Å². The maximum absolute atomic E-state index is 12.8. The number of fused-ring (bicyclic) bond motifs is 1. The number of carbonyl (C=O) groups is 1. The molecule has 0 N–H and O–H groups in total. The lowest BCUT2D eigenvalue weighted by atomic mass is 10.1. The average Bonchev–Trinajstić information content (AvgIpc) is 3.04. The molecule has 0 saturated carbocycles. The van der Waals surface area contributed by atoms with Crippen molar-refractivity contribution in [2.75, 3.05) is 31.1 Å². The maximum Gasteiger partial charge on any atom is 0.262 e. The van der Waals surface area contributed by atoms with Gasteiger partial charge in [0.1, 0.15) is 4.83 Å². The Balaban J connectivity index is 1.38. The zero-order chi connectivity index (χ0) is 21.4. The van der Waals surface area contributed by atoms with Crippen LogP contribution in [0.25, 0.3) is 10.2 Å². The molecule has 30 heavy (non-hydrogen) atoms. The van der Waals surface area contributed by atoms with Crippen LogP contribution in [-0.4, -0.2) is 46.5 Å². The van der Waals surface area contributed by atoms with Gasteiger partial charge in [-0.25, -0.2) is 4.98 Å². The normalized spacial score (nSPS) is 14.5. The van der Waals surface area contributed by atoms with Crippen molar-refractivity contribution in [3.8, 4) is 0 Å². The second kappa shape index (κ2) is 8.22. The molecule has 0 spiro atoms. The third-order valence-electron chi connectivity index (χ3n) is 6.27. The summed E-state index contributed by atoms with van der Waals surface area (Å²) in [5.41, 5.74) is 4.80. The van der Waals surface area contributed by atoms with Gasteiger partial charge < -0.3 is 9.80 Å². The van der Waals surface area contributed by atoms with Crippen LogP contribution in [0.4, 0.5) is 5.69 Å². The highest BCUT2D eigenvalue weighted by molar-refractivity contribution is 7.18. The first-order chi connectivity index (χ1) is 14.4. The van der Waals surface area contributed by atoms with E-state index in [1.807, 2.05) is 18.7 Å². The Morgan fingerprint density at radius 1 is 1.07 bits per heavy atom. The van der Waals surface area contributed by atoms with Gasteiger partial charge in [0.15, 0.2) is 0 Å². The predicted molar refractivity (Wildman–Crippen MR) is 123 cm³/mol. The number of rotatable bonds is 4. The first-order valence-electron chi connectivity index (χ1n) is 10.4. The van der Waals surface area contributed by atoms with Crippen molar-refractivity contribution in [3.05, 3.63) is 56.4 Å². The summed E-state index contributed by atoms with van der Waals surface area (Å²) in [7, 11) is 0. The number of nitrogens with zero attached hydrogens (tertiary/aromatic N) is 4. The maximum atomic E-state index is 12.8. The number of aromatic nitrogens is 2. The highest BCUT2D eigenvalue weighted by atomic mass is 32.1. The molecule has 0 aliphatic carbocycles. The van der Waals surface area contributed by atoms with Crippen LogP contribution < -0.4 is 10.5 Å². The van der Waals surface area contributed by atoms with E-state index in [1.165, 1.54) is 16.8 Å². The molecule has 7 heteroatoms. The summed E-state index contributed by atoms with van der Waals surface area (Å²) in [4.78, 5) is 36.2. The zero-order valence-electron chi connectivity index (χ0n) is 18.1. The number of benzene rings is 1. The number of piperazine rings is 1. The van der Waals surface area contributed by atoms with E-state index in [9.17, 15) is 9.59 Å². The minimum absolute atomic E-state index is 0.0469. The Labute approximate surface area is 180 Å². The van der Waals surface area contributed by atoms with Crippen molar-refractivity contribution in [3.63, 3.8) is 0 Å². The Kier molecular flexibility index (Phi) is 5.64. The van der Waals surface area contributed by atoms with Crippen molar-refractivity contribution >= 4 is 33.1 Å². The quantitative estimate of drug-likeness (QED) is 0.644. The van der Waals surface area contributed by atoms with Crippen LogP contribution in [-0.2, 0) is 11.3 Å². The Morgan fingerprint density at radius 3 is 2.53 bits per heavy atom. The molecule has 1 saturated heterocycles. The fourth-order valence-corrected chi connectivity index (χ4v) is 5.07. The van der Waals surface area contributed by atoms with E-state index in [1.54, 1.807) is 22.2 Å². The van der Waals surface area contributed by atoms with Gasteiger partial charge in [-0.1, -0.05) is 12.1 Å². The standard InChI is InChI=1S/C23H28N4O2S/c1-15-6-5-7-19(16(15)2)25-10-12-26(13-11-25)20(28)8-9-27-14-24-22-21(23(27)29)17(3)18(4)30-22/h5-7,14H,8-13H2,1-4H3. The third-order valence-corrected chi connectivity index (χ3v) is 7.39. The summed E-state index contributed by atoms with van der Waals surface area (Å²) < 4.78 is 1.58. The summed E-state index contributed by atoms with van der Waals surface area (Å²) in [6.45, 7) is 11.7. The van der Waals surface area contributed by atoms with Gasteiger partial charge in [-0.3, -0.25) is 14.2 Å². The molecule has 0 unspecified atom stereocenters. The lowest BCUT2D eigenvalue weighted by Gasteiger charge is -2.37. The average molecular weight is 425 g/mol. The molecule has 4 rings (SSSR count). The highest BCUT2D eigenvalue weighted by Crippen LogP contribution is 2.26. The van der Waals surface area contributed by atoms with Crippen molar-refractivity contribution in [1.29, 1.82) is 0 Å². The van der Waals surface area contributed by atoms with Crippen LogP contribution in [0.1, 0.15) is 28.0 Å². The number of carbonyl (C=O) groups excluding carboxylic acids is 1. The third kappa shape index (κ3) is 3.74. The van der Waals surface area contributed by atoms with Crippen molar-refractivity contribution in [2.45, 2.75) is 40.7 Å². The van der Waals surface area contributed by atoms with Gasteiger partial charge in [0.2, 0.25) is 5.91 Å². The summed E-state index contributed by atoms with van der Waals surface area (Å²) >= 11 is 1.54. The molecule has 6 nitrogen and oxygen atoms in total. The molecular weight excluding hydrogens is 396 g/mol. The molecule has 0 radical (unpaired) electrons. The monoisotopic (exact) mass is 424 g/mol. The van der Waals surface area contributed by atoms with Gasteiger partial charge in [-0.2, -0.15) is 0 Å². The fraction of sp³-hybridized carbons (Fsp3) is 0.435. The molecule has 0 atom stereocenters. The Bertz CT molecular complexity index is 1160. The second-order valence-corrected chi connectivity index (χ2v) is 9.25. The van der Waals surface area contributed by atoms with Gasteiger partial charge in [-0.05, 0) is 50.5 Å². The van der Waals surface area contributed by atoms with Crippen LogP contribution >= 0.6 is 11.3 Å².